The second-order valence-corrected chi connectivity index (χ2v) is 7.19. The van der Waals surface area contributed by atoms with Gasteiger partial charge in [0.1, 0.15) is 17.5 Å². The van der Waals surface area contributed by atoms with Crippen molar-refractivity contribution in [3.63, 3.8) is 0 Å². The predicted molar refractivity (Wildman–Crippen MR) is 111 cm³/mol. The van der Waals surface area contributed by atoms with Gasteiger partial charge in [0.05, 0.1) is 13.1 Å². The Morgan fingerprint density at radius 1 is 1.10 bits per heavy atom. The molecule has 0 radical (unpaired) electrons. The molecule has 9 nitrogen and oxygen atoms in total. The van der Waals surface area contributed by atoms with Crippen LogP contribution in [0.1, 0.15) is 17.4 Å². The Morgan fingerprint density at radius 3 is 2.58 bits per heavy atom. The summed E-state index contributed by atoms with van der Waals surface area (Å²) in [6.45, 7) is 3.81. The molecule has 0 unspecified atom stereocenters. The van der Waals surface area contributed by atoms with Gasteiger partial charge in [-0.2, -0.15) is 10.1 Å². The first-order valence-electron chi connectivity index (χ1n) is 10.0. The van der Waals surface area contributed by atoms with Crippen LogP contribution < -0.4 is 4.74 Å². The average molecular weight is 416 g/mol. The van der Waals surface area contributed by atoms with Crippen LogP contribution in [0, 0.1) is 0 Å². The van der Waals surface area contributed by atoms with Crippen LogP contribution in [0.5, 0.6) is 5.75 Å². The van der Waals surface area contributed by atoms with Crippen molar-refractivity contribution in [3.8, 4) is 28.6 Å². The van der Waals surface area contributed by atoms with Gasteiger partial charge in [-0.1, -0.05) is 5.16 Å². The fourth-order valence-electron chi connectivity index (χ4n) is 3.32. The highest BCUT2D eigenvalue weighted by Crippen LogP contribution is 2.25. The Labute approximate surface area is 178 Å². The first-order valence-corrected chi connectivity index (χ1v) is 10.0. The lowest BCUT2D eigenvalue weighted by Crippen LogP contribution is -2.56. The molecule has 3 aromatic heterocycles. The predicted octanol–water partition coefficient (Wildman–Crippen LogP) is 2.92. The smallest absolute Gasteiger partial charge is 0.274 e. The number of benzene rings is 1. The molecule has 5 rings (SSSR count). The van der Waals surface area contributed by atoms with E-state index in [-0.39, 0.29) is 12.0 Å². The molecule has 1 amide bonds. The molecule has 4 aromatic rings. The second kappa shape index (κ2) is 8.02. The summed E-state index contributed by atoms with van der Waals surface area (Å²) in [6.07, 6.45) is 5.13. The number of likely N-dealkylation sites (tertiary alicyclic amines) is 1. The summed E-state index contributed by atoms with van der Waals surface area (Å²) >= 11 is 0. The molecule has 31 heavy (non-hydrogen) atoms. The van der Waals surface area contributed by atoms with Gasteiger partial charge in [0, 0.05) is 36.3 Å². The number of carbonyl (C=O) groups excluding carboxylic acids is 1. The monoisotopic (exact) mass is 416 g/mol. The van der Waals surface area contributed by atoms with E-state index < -0.39 is 0 Å². The molecule has 1 aliphatic rings. The van der Waals surface area contributed by atoms with Crippen LogP contribution in [0.15, 0.2) is 65.6 Å². The quantitative estimate of drug-likeness (QED) is 0.476. The van der Waals surface area contributed by atoms with E-state index in [2.05, 4.69) is 20.2 Å². The van der Waals surface area contributed by atoms with Crippen molar-refractivity contribution in [3.05, 3.63) is 66.7 Å². The number of hydrogen-bond acceptors (Lipinski definition) is 7. The topological polar surface area (TPSA) is 99.2 Å². The Kier molecular flexibility index (Phi) is 4.91. The van der Waals surface area contributed by atoms with Crippen molar-refractivity contribution >= 4 is 5.91 Å². The molecule has 9 heteroatoms. The first kappa shape index (κ1) is 19.0. The Bertz CT molecular complexity index is 1180. The lowest BCUT2D eigenvalue weighted by Gasteiger charge is -2.38. The number of nitrogens with zero attached hydrogens (tertiary/aromatic N) is 6. The molecule has 156 valence electrons. The fourth-order valence-corrected chi connectivity index (χ4v) is 3.32. The van der Waals surface area contributed by atoms with E-state index in [0.717, 1.165) is 23.4 Å². The number of aryl methyl sites for hydroxylation is 1. The van der Waals surface area contributed by atoms with Crippen molar-refractivity contribution in [2.75, 3.05) is 13.1 Å². The average Bonchev–Trinajstić information content (AvgIpc) is 3.47. The summed E-state index contributed by atoms with van der Waals surface area (Å²) in [5, 5.41) is 8.31. The van der Waals surface area contributed by atoms with Gasteiger partial charge in [0.2, 0.25) is 5.82 Å². The van der Waals surface area contributed by atoms with Crippen molar-refractivity contribution < 1.29 is 14.1 Å². The van der Waals surface area contributed by atoms with E-state index in [1.54, 1.807) is 28.0 Å². The van der Waals surface area contributed by atoms with E-state index in [0.29, 0.717) is 30.5 Å². The molecule has 0 N–H and O–H groups in total. The maximum Gasteiger partial charge on any atom is 0.274 e. The number of carbonyl (C=O) groups is 1. The Hall–Kier alpha value is -4.01. The van der Waals surface area contributed by atoms with Gasteiger partial charge >= 0.3 is 0 Å². The summed E-state index contributed by atoms with van der Waals surface area (Å²) in [5.74, 6) is 1.62. The lowest BCUT2D eigenvalue weighted by molar-refractivity contribution is 0.0173. The minimum Gasteiger partial charge on any atom is -0.487 e. The molecule has 0 aliphatic carbocycles. The number of amides is 1. The zero-order chi connectivity index (χ0) is 21.2. The largest absolute Gasteiger partial charge is 0.487 e. The van der Waals surface area contributed by atoms with E-state index in [4.69, 9.17) is 9.26 Å². The van der Waals surface area contributed by atoms with Crippen molar-refractivity contribution in [2.45, 2.75) is 19.6 Å². The van der Waals surface area contributed by atoms with Crippen LogP contribution in [-0.4, -0.2) is 54.9 Å². The van der Waals surface area contributed by atoms with Crippen molar-refractivity contribution in [2.24, 2.45) is 0 Å². The van der Waals surface area contributed by atoms with E-state index >= 15 is 0 Å². The molecular weight excluding hydrogens is 396 g/mol. The van der Waals surface area contributed by atoms with Gasteiger partial charge in [-0.05, 0) is 49.4 Å². The van der Waals surface area contributed by atoms with Crippen molar-refractivity contribution in [1.29, 1.82) is 0 Å². The van der Waals surface area contributed by atoms with Crippen LogP contribution in [0.2, 0.25) is 0 Å². The van der Waals surface area contributed by atoms with Gasteiger partial charge in [-0.15, -0.1) is 0 Å². The van der Waals surface area contributed by atoms with Gasteiger partial charge in [0.15, 0.2) is 0 Å². The van der Waals surface area contributed by atoms with Crippen LogP contribution in [0.4, 0.5) is 0 Å². The minimum absolute atomic E-state index is 0.0356. The number of rotatable bonds is 6. The molecule has 0 atom stereocenters. The Balaban J connectivity index is 1.17. The van der Waals surface area contributed by atoms with E-state index in [1.165, 1.54) is 0 Å². The minimum atomic E-state index is -0.0653. The zero-order valence-electron chi connectivity index (χ0n) is 16.9. The molecular formula is C22H20N6O3. The van der Waals surface area contributed by atoms with Crippen LogP contribution in [0.25, 0.3) is 22.8 Å². The second-order valence-electron chi connectivity index (χ2n) is 7.19. The maximum atomic E-state index is 12.4. The molecule has 1 aromatic carbocycles. The fraction of sp³-hybridized carbons (Fsp3) is 0.227. The van der Waals surface area contributed by atoms with Crippen molar-refractivity contribution in [1.82, 2.24) is 29.8 Å². The molecule has 1 fully saturated rings. The van der Waals surface area contributed by atoms with Gasteiger partial charge < -0.3 is 14.2 Å². The molecule has 0 spiro atoms. The van der Waals surface area contributed by atoms with Crippen LogP contribution >= 0.6 is 0 Å². The standard InChI is InChI=1S/C22H20N6O3/c1-2-28-12-9-19(25-28)22(29)27-13-18(14-27)30-17-5-3-15(4-6-17)20-24-21(31-26-20)16-7-10-23-11-8-16/h3-12,18H,2,13-14H2,1H3. The SMILES string of the molecule is CCn1ccc(C(=O)N2CC(Oc3ccc(-c4noc(-c5ccncc5)n4)cc3)C2)n1. The molecule has 0 bridgehead atoms. The number of aromatic nitrogens is 5. The molecule has 0 saturated carbocycles. The summed E-state index contributed by atoms with van der Waals surface area (Å²) < 4.78 is 13.1. The summed E-state index contributed by atoms with van der Waals surface area (Å²) in [7, 11) is 0. The zero-order valence-corrected chi connectivity index (χ0v) is 16.9. The maximum absolute atomic E-state index is 12.4. The number of pyridine rings is 1. The summed E-state index contributed by atoms with van der Waals surface area (Å²) in [6, 6.07) is 12.9. The molecule has 1 aliphatic heterocycles. The third-order valence-corrected chi connectivity index (χ3v) is 5.09. The molecule has 1 saturated heterocycles. The third-order valence-electron chi connectivity index (χ3n) is 5.09. The molecule has 4 heterocycles. The first-order chi connectivity index (χ1) is 15.2. The number of ether oxygens (including phenoxy) is 1. The number of hydrogen-bond donors (Lipinski definition) is 0. The highest BCUT2D eigenvalue weighted by molar-refractivity contribution is 5.92. The summed E-state index contributed by atoms with van der Waals surface area (Å²) in [5.41, 5.74) is 2.11. The van der Waals surface area contributed by atoms with E-state index in [9.17, 15) is 4.79 Å². The van der Waals surface area contributed by atoms with Gasteiger partial charge in [0.25, 0.3) is 11.8 Å². The van der Waals surface area contributed by atoms with Gasteiger partial charge in [-0.3, -0.25) is 14.5 Å². The highest BCUT2D eigenvalue weighted by atomic mass is 16.5. The highest BCUT2D eigenvalue weighted by Gasteiger charge is 2.33. The van der Waals surface area contributed by atoms with Crippen LogP contribution in [0.3, 0.4) is 0 Å². The third kappa shape index (κ3) is 3.89. The van der Waals surface area contributed by atoms with Crippen LogP contribution in [-0.2, 0) is 6.54 Å². The van der Waals surface area contributed by atoms with E-state index in [1.807, 2.05) is 49.5 Å². The lowest BCUT2D eigenvalue weighted by atomic mass is 10.1. The Morgan fingerprint density at radius 2 is 1.87 bits per heavy atom. The normalized spacial score (nSPS) is 13.8. The van der Waals surface area contributed by atoms with Gasteiger partial charge in [-0.25, -0.2) is 0 Å². The summed E-state index contributed by atoms with van der Waals surface area (Å²) in [4.78, 5) is 22.6.